The lowest BCUT2D eigenvalue weighted by Gasteiger charge is -2.21. The minimum absolute atomic E-state index is 0.0251. The van der Waals surface area contributed by atoms with Crippen molar-refractivity contribution in [3.63, 3.8) is 0 Å². The molecule has 0 radical (unpaired) electrons. The second-order valence-electron chi connectivity index (χ2n) is 4.47. The third-order valence-electron chi connectivity index (χ3n) is 3.14. The van der Waals surface area contributed by atoms with E-state index < -0.39 is 0 Å². The van der Waals surface area contributed by atoms with Crippen LogP contribution in [0, 0.1) is 5.82 Å². The van der Waals surface area contributed by atoms with Crippen LogP contribution in [0.2, 0.25) is 0 Å². The summed E-state index contributed by atoms with van der Waals surface area (Å²) >= 11 is 0. The van der Waals surface area contributed by atoms with Gasteiger partial charge in [-0.2, -0.15) is 0 Å². The van der Waals surface area contributed by atoms with Crippen LogP contribution in [-0.2, 0) is 11.2 Å². The van der Waals surface area contributed by atoms with E-state index in [0.717, 1.165) is 24.2 Å². The van der Waals surface area contributed by atoms with E-state index in [-0.39, 0.29) is 11.7 Å². The minimum atomic E-state index is -0.238. The number of rotatable bonds is 4. The molecule has 1 aliphatic heterocycles. The van der Waals surface area contributed by atoms with Crippen molar-refractivity contribution in [2.45, 2.75) is 13.3 Å². The van der Waals surface area contributed by atoms with Gasteiger partial charge in [0.2, 0.25) is 5.91 Å². The van der Waals surface area contributed by atoms with Gasteiger partial charge in [-0.25, -0.2) is 4.39 Å². The number of halogens is 1. The first kappa shape index (κ1) is 12.8. The Morgan fingerprint density at radius 2 is 2.22 bits per heavy atom. The monoisotopic (exact) mass is 248 g/mol. The van der Waals surface area contributed by atoms with Crippen molar-refractivity contribution in [2.24, 2.45) is 0 Å². The number of carbonyl (C=O) groups excluding carboxylic acids is 1. The summed E-state index contributed by atoms with van der Waals surface area (Å²) in [6.07, 6.45) is 0.643. The molecule has 2 rings (SSSR count). The molecular weight excluding hydrogens is 231 g/mol. The molecular formula is C14H17FN2O. The van der Waals surface area contributed by atoms with Gasteiger partial charge in [0, 0.05) is 25.2 Å². The molecule has 1 aromatic rings. The molecule has 1 amide bonds. The van der Waals surface area contributed by atoms with Gasteiger partial charge >= 0.3 is 0 Å². The van der Waals surface area contributed by atoms with Crippen LogP contribution in [0.3, 0.4) is 0 Å². The molecule has 0 aromatic heterocycles. The normalized spacial score (nSPS) is 14.0. The molecule has 1 aromatic carbocycles. The van der Waals surface area contributed by atoms with E-state index in [9.17, 15) is 9.18 Å². The fourth-order valence-corrected chi connectivity index (χ4v) is 1.82. The van der Waals surface area contributed by atoms with E-state index >= 15 is 0 Å². The van der Waals surface area contributed by atoms with Gasteiger partial charge in [0.15, 0.2) is 0 Å². The quantitative estimate of drug-likeness (QED) is 0.791. The first-order valence-corrected chi connectivity index (χ1v) is 6.09. The highest BCUT2D eigenvalue weighted by atomic mass is 19.1. The van der Waals surface area contributed by atoms with Crippen molar-refractivity contribution in [1.82, 2.24) is 10.6 Å². The van der Waals surface area contributed by atoms with Crippen LogP contribution < -0.4 is 10.6 Å². The van der Waals surface area contributed by atoms with Crippen LogP contribution in [0.1, 0.15) is 12.5 Å². The van der Waals surface area contributed by atoms with E-state index in [0.29, 0.717) is 13.0 Å². The van der Waals surface area contributed by atoms with Gasteiger partial charge in [-0.3, -0.25) is 4.79 Å². The number of benzene rings is 1. The zero-order chi connectivity index (χ0) is 13.0. The zero-order valence-corrected chi connectivity index (χ0v) is 10.4. The lowest BCUT2D eigenvalue weighted by Crippen LogP contribution is -2.38. The standard InChI is InChI=1S/C14H17FN2O/c1-10(12-8-16-9-12)14(18)17-6-5-11-3-2-4-13(15)7-11/h2-4,7,16H,5-6,8-9H2,1H3,(H,17,18). The highest BCUT2D eigenvalue weighted by molar-refractivity contribution is 5.93. The Balaban J connectivity index is 1.80. The number of hydrogen-bond donors (Lipinski definition) is 2. The van der Waals surface area contributed by atoms with Crippen LogP contribution in [-0.4, -0.2) is 25.5 Å². The Kier molecular flexibility index (Phi) is 4.10. The maximum Gasteiger partial charge on any atom is 0.246 e. The van der Waals surface area contributed by atoms with Crippen molar-refractivity contribution in [1.29, 1.82) is 0 Å². The molecule has 1 saturated heterocycles. The minimum Gasteiger partial charge on any atom is -0.352 e. The van der Waals surface area contributed by atoms with Crippen molar-refractivity contribution < 1.29 is 9.18 Å². The van der Waals surface area contributed by atoms with Gasteiger partial charge in [0.25, 0.3) is 0 Å². The van der Waals surface area contributed by atoms with Gasteiger partial charge < -0.3 is 10.6 Å². The van der Waals surface area contributed by atoms with Crippen LogP contribution in [0.5, 0.6) is 0 Å². The Bertz CT molecular complexity index is 476. The van der Waals surface area contributed by atoms with E-state index in [1.165, 1.54) is 17.7 Å². The molecule has 1 aliphatic rings. The number of carbonyl (C=O) groups is 1. The van der Waals surface area contributed by atoms with Gasteiger partial charge in [0.05, 0.1) is 0 Å². The number of amides is 1. The highest BCUT2D eigenvalue weighted by Crippen LogP contribution is 2.08. The SMILES string of the molecule is CC(C(=O)NCCc1cccc(F)c1)=C1CNC1. The lowest BCUT2D eigenvalue weighted by atomic mass is 10.0. The van der Waals surface area contributed by atoms with Crippen LogP contribution in [0.4, 0.5) is 4.39 Å². The highest BCUT2D eigenvalue weighted by Gasteiger charge is 2.15. The third-order valence-corrected chi connectivity index (χ3v) is 3.14. The maximum absolute atomic E-state index is 12.9. The molecule has 0 atom stereocenters. The molecule has 0 unspecified atom stereocenters. The predicted molar refractivity (Wildman–Crippen MR) is 68.7 cm³/mol. The summed E-state index contributed by atoms with van der Waals surface area (Å²) in [6.45, 7) is 3.99. The lowest BCUT2D eigenvalue weighted by molar-refractivity contribution is -0.117. The molecule has 2 N–H and O–H groups in total. The van der Waals surface area contributed by atoms with Crippen molar-refractivity contribution in [3.05, 3.63) is 46.8 Å². The summed E-state index contributed by atoms with van der Waals surface area (Å²) in [4.78, 5) is 11.8. The molecule has 3 nitrogen and oxygen atoms in total. The van der Waals surface area contributed by atoms with Crippen molar-refractivity contribution in [2.75, 3.05) is 19.6 Å². The smallest absolute Gasteiger partial charge is 0.246 e. The fraction of sp³-hybridized carbons (Fsp3) is 0.357. The molecule has 0 saturated carbocycles. The maximum atomic E-state index is 12.9. The average Bonchev–Trinajstić information content (AvgIpc) is 2.26. The van der Waals surface area contributed by atoms with E-state index in [1.54, 1.807) is 6.07 Å². The molecule has 0 aliphatic carbocycles. The summed E-state index contributed by atoms with van der Waals surface area (Å²) in [5.41, 5.74) is 2.86. The summed E-state index contributed by atoms with van der Waals surface area (Å²) in [5.74, 6) is -0.263. The first-order chi connectivity index (χ1) is 8.66. The molecule has 0 bridgehead atoms. The molecule has 1 fully saturated rings. The molecule has 4 heteroatoms. The summed E-state index contributed by atoms with van der Waals surface area (Å²) in [6, 6.07) is 6.45. The second kappa shape index (κ2) is 5.78. The van der Waals surface area contributed by atoms with E-state index in [2.05, 4.69) is 10.6 Å². The Morgan fingerprint density at radius 3 is 2.83 bits per heavy atom. The molecule has 96 valence electrons. The van der Waals surface area contributed by atoms with Crippen LogP contribution in [0.15, 0.2) is 35.4 Å². The second-order valence-corrected chi connectivity index (χ2v) is 4.47. The van der Waals surface area contributed by atoms with Crippen molar-refractivity contribution >= 4 is 5.91 Å². The van der Waals surface area contributed by atoms with Crippen LogP contribution >= 0.6 is 0 Å². The number of hydrogen-bond acceptors (Lipinski definition) is 2. The largest absolute Gasteiger partial charge is 0.352 e. The van der Waals surface area contributed by atoms with Gasteiger partial charge in [0.1, 0.15) is 5.82 Å². The van der Waals surface area contributed by atoms with Crippen molar-refractivity contribution in [3.8, 4) is 0 Å². The third kappa shape index (κ3) is 3.17. The molecule has 18 heavy (non-hydrogen) atoms. The summed E-state index contributed by atoms with van der Waals surface area (Å²) in [5, 5.41) is 5.96. The summed E-state index contributed by atoms with van der Waals surface area (Å²) in [7, 11) is 0. The molecule has 1 heterocycles. The Labute approximate surface area is 106 Å². The Morgan fingerprint density at radius 1 is 1.44 bits per heavy atom. The van der Waals surface area contributed by atoms with E-state index in [4.69, 9.17) is 0 Å². The van der Waals surface area contributed by atoms with Gasteiger partial charge in [-0.15, -0.1) is 0 Å². The van der Waals surface area contributed by atoms with Gasteiger partial charge in [-0.1, -0.05) is 12.1 Å². The number of nitrogens with one attached hydrogen (secondary N) is 2. The molecule has 0 spiro atoms. The van der Waals surface area contributed by atoms with Gasteiger partial charge in [-0.05, 0) is 36.6 Å². The fourth-order valence-electron chi connectivity index (χ4n) is 1.82. The van der Waals surface area contributed by atoms with Crippen LogP contribution in [0.25, 0.3) is 0 Å². The predicted octanol–water partition coefficient (Wildman–Crippen LogP) is 1.40. The topological polar surface area (TPSA) is 41.1 Å². The zero-order valence-electron chi connectivity index (χ0n) is 10.4. The summed E-state index contributed by atoms with van der Waals surface area (Å²) < 4.78 is 12.9. The van der Waals surface area contributed by atoms with E-state index in [1.807, 2.05) is 13.0 Å². The Hall–Kier alpha value is -1.68. The average molecular weight is 248 g/mol. The first-order valence-electron chi connectivity index (χ1n) is 6.09.